The van der Waals surface area contributed by atoms with Crippen molar-refractivity contribution in [1.29, 1.82) is 5.26 Å². The van der Waals surface area contributed by atoms with Crippen molar-refractivity contribution in [1.82, 2.24) is 10.2 Å². The third-order valence-electron chi connectivity index (χ3n) is 3.68. The molecule has 1 aliphatic rings. The highest BCUT2D eigenvalue weighted by molar-refractivity contribution is 7.10. The van der Waals surface area contributed by atoms with Gasteiger partial charge in [0.05, 0.1) is 17.7 Å². The van der Waals surface area contributed by atoms with Crippen LogP contribution < -0.4 is 5.32 Å². The van der Waals surface area contributed by atoms with Gasteiger partial charge in [0.25, 0.3) is 0 Å². The van der Waals surface area contributed by atoms with Gasteiger partial charge in [0.1, 0.15) is 0 Å². The molecular weight excluding hydrogens is 266 g/mol. The van der Waals surface area contributed by atoms with Gasteiger partial charge in [-0.05, 0) is 29.1 Å². The van der Waals surface area contributed by atoms with Gasteiger partial charge in [0, 0.05) is 31.1 Å². The second kappa shape index (κ2) is 6.19. The van der Waals surface area contributed by atoms with E-state index in [1.807, 2.05) is 12.1 Å². The van der Waals surface area contributed by atoms with Gasteiger partial charge in [0.2, 0.25) is 0 Å². The van der Waals surface area contributed by atoms with Crippen LogP contribution in [-0.4, -0.2) is 31.1 Å². The summed E-state index contributed by atoms with van der Waals surface area (Å²) >= 11 is 1.80. The molecule has 4 heteroatoms. The van der Waals surface area contributed by atoms with E-state index < -0.39 is 0 Å². The van der Waals surface area contributed by atoms with E-state index in [1.165, 1.54) is 10.4 Å². The lowest BCUT2D eigenvalue weighted by molar-refractivity contribution is 0.200. The summed E-state index contributed by atoms with van der Waals surface area (Å²) in [6, 6.07) is 14.8. The SMILES string of the molecule is N#Cc1ccc([C@@H](c2cccs2)N2CCNCC2)cc1. The van der Waals surface area contributed by atoms with Gasteiger partial charge < -0.3 is 5.32 Å². The van der Waals surface area contributed by atoms with E-state index >= 15 is 0 Å². The zero-order chi connectivity index (χ0) is 13.8. The number of benzene rings is 1. The van der Waals surface area contributed by atoms with E-state index in [9.17, 15) is 0 Å². The number of hydrogen-bond acceptors (Lipinski definition) is 4. The molecule has 1 aromatic carbocycles. The minimum absolute atomic E-state index is 0.310. The number of rotatable bonds is 3. The molecule has 0 unspecified atom stereocenters. The molecular formula is C16H17N3S. The van der Waals surface area contributed by atoms with E-state index in [0.717, 1.165) is 31.7 Å². The molecule has 2 aromatic rings. The van der Waals surface area contributed by atoms with Crippen molar-refractivity contribution in [2.45, 2.75) is 6.04 Å². The Bertz CT molecular complexity index is 577. The molecule has 102 valence electrons. The summed E-state index contributed by atoms with van der Waals surface area (Å²) < 4.78 is 0. The Morgan fingerprint density at radius 3 is 2.50 bits per heavy atom. The van der Waals surface area contributed by atoms with Crippen LogP contribution in [0.4, 0.5) is 0 Å². The van der Waals surface area contributed by atoms with Crippen LogP contribution in [-0.2, 0) is 0 Å². The Morgan fingerprint density at radius 2 is 1.90 bits per heavy atom. The lowest BCUT2D eigenvalue weighted by atomic mass is 10.0. The van der Waals surface area contributed by atoms with Gasteiger partial charge in [-0.25, -0.2) is 0 Å². The Morgan fingerprint density at radius 1 is 1.15 bits per heavy atom. The predicted octanol–water partition coefficient (Wildman–Crippen LogP) is 2.61. The number of thiophene rings is 1. The number of piperazine rings is 1. The van der Waals surface area contributed by atoms with Crippen molar-refractivity contribution in [3.05, 3.63) is 57.8 Å². The van der Waals surface area contributed by atoms with Crippen LogP contribution in [0.1, 0.15) is 22.0 Å². The van der Waals surface area contributed by atoms with Crippen molar-refractivity contribution >= 4 is 11.3 Å². The quantitative estimate of drug-likeness (QED) is 0.941. The van der Waals surface area contributed by atoms with Crippen LogP contribution in [0.5, 0.6) is 0 Å². The first-order valence-corrected chi connectivity index (χ1v) is 7.74. The molecule has 0 radical (unpaired) electrons. The van der Waals surface area contributed by atoms with Gasteiger partial charge in [0.15, 0.2) is 0 Å². The zero-order valence-corrected chi connectivity index (χ0v) is 12.1. The maximum Gasteiger partial charge on any atom is 0.0991 e. The summed E-state index contributed by atoms with van der Waals surface area (Å²) in [7, 11) is 0. The topological polar surface area (TPSA) is 39.1 Å². The molecule has 1 aliphatic heterocycles. The van der Waals surface area contributed by atoms with Crippen molar-refractivity contribution < 1.29 is 0 Å². The molecule has 0 spiro atoms. The molecule has 20 heavy (non-hydrogen) atoms. The van der Waals surface area contributed by atoms with Crippen molar-refractivity contribution in [2.75, 3.05) is 26.2 Å². The summed E-state index contributed by atoms with van der Waals surface area (Å²) in [6.45, 7) is 4.20. The first-order chi connectivity index (χ1) is 9.88. The Hall–Kier alpha value is -1.67. The lowest BCUT2D eigenvalue weighted by Crippen LogP contribution is -2.45. The van der Waals surface area contributed by atoms with Gasteiger partial charge >= 0.3 is 0 Å². The smallest absolute Gasteiger partial charge is 0.0991 e. The average molecular weight is 283 g/mol. The van der Waals surface area contributed by atoms with Gasteiger partial charge in [-0.15, -0.1) is 11.3 Å². The van der Waals surface area contributed by atoms with E-state index in [4.69, 9.17) is 5.26 Å². The molecule has 3 rings (SSSR count). The molecule has 0 amide bonds. The lowest BCUT2D eigenvalue weighted by Gasteiger charge is -2.34. The summed E-state index contributed by atoms with van der Waals surface area (Å²) in [5.41, 5.74) is 1.99. The summed E-state index contributed by atoms with van der Waals surface area (Å²) in [5.74, 6) is 0. The molecule has 1 atom stereocenters. The Kier molecular flexibility index (Phi) is 4.12. The maximum absolute atomic E-state index is 8.93. The predicted molar refractivity (Wildman–Crippen MR) is 81.8 cm³/mol. The average Bonchev–Trinajstić information content (AvgIpc) is 3.03. The van der Waals surface area contributed by atoms with Crippen LogP contribution in [0.25, 0.3) is 0 Å². The highest BCUT2D eigenvalue weighted by Gasteiger charge is 2.24. The van der Waals surface area contributed by atoms with Crippen molar-refractivity contribution in [3.63, 3.8) is 0 Å². The van der Waals surface area contributed by atoms with E-state index in [2.05, 4.69) is 45.9 Å². The first kappa shape index (κ1) is 13.3. The van der Waals surface area contributed by atoms with Gasteiger partial charge in [-0.2, -0.15) is 5.26 Å². The molecule has 0 bridgehead atoms. The molecule has 3 nitrogen and oxygen atoms in total. The summed E-state index contributed by atoms with van der Waals surface area (Å²) in [6.07, 6.45) is 0. The number of nitrogens with one attached hydrogen (secondary N) is 1. The first-order valence-electron chi connectivity index (χ1n) is 6.87. The Labute approximate surface area is 123 Å². The highest BCUT2D eigenvalue weighted by atomic mass is 32.1. The summed E-state index contributed by atoms with van der Waals surface area (Å²) in [5, 5.41) is 14.5. The van der Waals surface area contributed by atoms with Crippen LogP contribution in [0.2, 0.25) is 0 Å². The van der Waals surface area contributed by atoms with Crippen LogP contribution >= 0.6 is 11.3 Å². The second-order valence-electron chi connectivity index (χ2n) is 4.94. The Balaban J connectivity index is 1.94. The van der Waals surface area contributed by atoms with Crippen LogP contribution in [0.3, 0.4) is 0 Å². The van der Waals surface area contributed by atoms with Gasteiger partial charge in [-0.1, -0.05) is 18.2 Å². The van der Waals surface area contributed by atoms with E-state index in [1.54, 1.807) is 11.3 Å². The minimum atomic E-state index is 0.310. The molecule has 1 saturated heterocycles. The van der Waals surface area contributed by atoms with Crippen LogP contribution in [0, 0.1) is 11.3 Å². The number of nitriles is 1. The normalized spacial score (nSPS) is 17.6. The fourth-order valence-electron chi connectivity index (χ4n) is 2.68. The zero-order valence-electron chi connectivity index (χ0n) is 11.2. The van der Waals surface area contributed by atoms with Gasteiger partial charge in [-0.3, -0.25) is 4.90 Å². The molecule has 1 N–H and O–H groups in total. The fraction of sp³-hybridized carbons (Fsp3) is 0.312. The van der Waals surface area contributed by atoms with E-state index in [-0.39, 0.29) is 0 Å². The molecule has 1 fully saturated rings. The third kappa shape index (κ3) is 2.75. The highest BCUT2D eigenvalue weighted by Crippen LogP contribution is 2.32. The standard InChI is InChI=1S/C16H17N3S/c17-12-13-3-5-14(6-4-13)16(15-2-1-11-20-15)19-9-7-18-8-10-19/h1-6,11,16,18H,7-10H2/t16-/m0/s1. The second-order valence-corrected chi connectivity index (χ2v) is 5.92. The number of hydrogen-bond donors (Lipinski definition) is 1. The third-order valence-corrected chi connectivity index (χ3v) is 4.61. The van der Waals surface area contributed by atoms with Crippen LogP contribution in [0.15, 0.2) is 41.8 Å². The minimum Gasteiger partial charge on any atom is -0.314 e. The maximum atomic E-state index is 8.93. The molecule has 1 aromatic heterocycles. The van der Waals surface area contributed by atoms with Crippen molar-refractivity contribution in [3.8, 4) is 6.07 Å². The monoisotopic (exact) mass is 283 g/mol. The van der Waals surface area contributed by atoms with E-state index in [0.29, 0.717) is 6.04 Å². The number of nitrogens with zero attached hydrogens (tertiary/aromatic N) is 2. The molecule has 0 saturated carbocycles. The van der Waals surface area contributed by atoms with Crippen molar-refractivity contribution in [2.24, 2.45) is 0 Å². The fourth-order valence-corrected chi connectivity index (χ4v) is 3.57. The summed E-state index contributed by atoms with van der Waals surface area (Å²) in [4.78, 5) is 3.89. The molecule has 2 heterocycles. The molecule has 0 aliphatic carbocycles. The largest absolute Gasteiger partial charge is 0.314 e.